The molecule has 37 heavy (non-hydrogen) atoms. The van der Waals surface area contributed by atoms with Crippen molar-refractivity contribution in [3.05, 3.63) is 52.6 Å². The highest BCUT2D eigenvalue weighted by atomic mass is 32.1. The molecule has 1 atom stereocenters. The molecule has 0 saturated carbocycles. The van der Waals surface area contributed by atoms with Crippen LogP contribution in [0.5, 0.6) is 5.75 Å². The van der Waals surface area contributed by atoms with Crippen LogP contribution in [-0.4, -0.2) is 47.8 Å². The van der Waals surface area contributed by atoms with Crippen LogP contribution in [0, 0.1) is 0 Å². The fourth-order valence-corrected chi connectivity index (χ4v) is 3.80. The first-order valence-electron chi connectivity index (χ1n) is 11.2. The number of nitrogens with two attached hydrogens (primary N) is 1. The first-order chi connectivity index (χ1) is 17.5. The number of halogens is 3. The lowest BCUT2D eigenvalue weighted by molar-refractivity contribution is -0.434. The summed E-state index contributed by atoms with van der Waals surface area (Å²) in [6.07, 6.45) is 2.28. The molecule has 0 radical (unpaired) electrons. The van der Waals surface area contributed by atoms with Crippen molar-refractivity contribution < 1.29 is 42.7 Å². The fraction of sp³-hybridized carbons (Fsp3) is 0.375. The van der Waals surface area contributed by atoms with Crippen molar-refractivity contribution in [2.24, 2.45) is 4.99 Å². The highest BCUT2D eigenvalue weighted by Crippen LogP contribution is 2.18. The van der Waals surface area contributed by atoms with E-state index in [2.05, 4.69) is 15.3 Å². The van der Waals surface area contributed by atoms with E-state index in [1.54, 1.807) is 25.7 Å². The maximum absolute atomic E-state index is 12.6. The van der Waals surface area contributed by atoms with E-state index in [0.717, 1.165) is 48.5 Å². The molecule has 1 aromatic carbocycles. The zero-order valence-electron chi connectivity index (χ0n) is 20.2. The van der Waals surface area contributed by atoms with E-state index in [4.69, 9.17) is 14.6 Å². The Balaban J connectivity index is 0.000000604. The third kappa shape index (κ3) is 10.1. The molecule has 0 spiro atoms. The van der Waals surface area contributed by atoms with Crippen LogP contribution >= 0.6 is 11.3 Å². The molecule has 0 unspecified atom stereocenters. The van der Waals surface area contributed by atoms with Gasteiger partial charge >= 0.3 is 6.18 Å². The number of benzene rings is 1. The Morgan fingerprint density at radius 3 is 2.54 bits per heavy atom. The van der Waals surface area contributed by atoms with Crippen molar-refractivity contribution in [2.45, 2.75) is 51.2 Å². The highest BCUT2D eigenvalue weighted by molar-refractivity contribution is 7.11. The number of quaternary nitrogens is 1. The van der Waals surface area contributed by atoms with Gasteiger partial charge in [-0.3, -0.25) is 15.1 Å². The van der Waals surface area contributed by atoms with E-state index in [-0.39, 0.29) is 17.7 Å². The van der Waals surface area contributed by atoms with Gasteiger partial charge in [0.15, 0.2) is 5.70 Å². The van der Waals surface area contributed by atoms with E-state index in [9.17, 15) is 22.8 Å². The smallest absolute Gasteiger partial charge is 0.430 e. The second-order valence-electron chi connectivity index (χ2n) is 7.99. The molecule has 0 bridgehead atoms. The predicted octanol–water partition coefficient (Wildman–Crippen LogP) is 2.06. The average molecular weight is 541 g/mol. The molecule has 0 aliphatic carbocycles. The lowest BCUT2D eigenvalue weighted by atomic mass is 10.0. The maximum atomic E-state index is 12.6. The van der Waals surface area contributed by atoms with Gasteiger partial charge in [-0.15, -0.1) is 11.3 Å². The number of aliphatic imine (C=N–C) groups is 1. The van der Waals surface area contributed by atoms with Crippen LogP contribution in [0.3, 0.4) is 0 Å². The number of hydrogen-bond acceptors (Lipinski definition) is 8. The molecular weight excluding hydrogens is 513 g/mol. The first-order valence-corrected chi connectivity index (χ1v) is 12.1. The quantitative estimate of drug-likeness (QED) is 0.419. The summed E-state index contributed by atoms with van der Waals surface area (Å²) in [7, 11) is 1.64. The number of rotatable bonds is 11. The minimum Gasteiger partial charge on any atom is -0.542 e. The summed E-state index contributed by atoms with van der Waals surface area (Å²) in [5.41, 5.74) is 3.65. The number of hydrogen-bond donors (Lipinski definition) is 2. The van der Waals surface area contributed by atoms with E-state index < -0.39 is 12.1 Å². The van der Waals surface area contributed by atoms with Crippen molar-refractivity contribution in [3.8, 4) is 5.75 Å². The Hall–Kier alpha value is -3.58. The number of carboxylic acid groups (broad SMARTS) is 1. The number of unbranched alkanes of at least 4 members (excludes halogenated alkanes) is 2. The van der Waals surface area contributed by atoms with Gasteiger partial charge in [0.2, 0.25) is 5.84 Å². The number of amides is 1. The van der Waals surface area contributed by atoms with Crippen molar-refractivity contribution in [2.75, 3.05) is 7.11 Å². The molecule has 1 aliphatic rings. The number of aromatic nitrogens is 1. The highest BCUT2D eigenvalue weighted by Gasteiger charge is 2.29. The summed E-state index contributed by atoms with van der Waals surface area (Å²) in [5, 5.41) is 13.9. The van der Waals surface area contributed by atoms with Crippen LogP contribution in [0.15, 0.2) is 47.2 Å². The zero-order chi connectivity index (χ0) is 27.4. The van der Waals surface area contributed by atoms with Gasteiger partial charge in [-0.1, -0.05) is 18.9 Å². The van der Waals surface area contributed by atoms with Crippen LogP contribution in [-0.2, 0) is 9.59 Å². The van der Waals surface area contributed by atoms with Gasteiger partial charge in [0.25, 0.3) is 5.91 Å². The summed E-state index contributed by atoms with van der Waals surface area (Å²) < 4.78 is 36.9. The molecule has 13 heteroatoms. The van der Waals surface area contributed by atoms with Crippen LogP contribution in [0.1, 0.15) is 54.3 Å². The Kier molecular flexibility index (Phi) is 11.4. The Bertz CT molecular complexity index is 1130. The molecule has 0 fully saturated rings. The van der Waals surface area contributed by atoms with E-state index >= 15 is 0 Å². The molecule has 3 rings (SSSR count). The van der Waals surface area contributed by atoms with E-state index in [1.807, 2.05) is 35.8 Å². The van der Waals surface area contributed by atoms with Crippen molar-refractivity contribution in [1.29, 1.82) is 0 Å². The molecule has 0 saturated heterocycles. The number of aliphatic carboxylic acids is 1. The number of ether oxygens (including phenoxy) is 1. The van der Waals surface area contributed by atoms with Crippen LogP contribution < -0.4 is 20.5 Å². The first kappa shape index (κ1) is 29.6. The Morgan fingerprint density at radius 1 is 1.22 bits per heavy atom. The summed E-state index contributed by atoms with van der Waals surface area (Å²) in [6.45, 7) is 1.62. The fourth-order valence-electron chi connectivity index (χ4n) is 3.28. The summed E-state index contributed by atoms with van der Waals surface area (Å²) in [4.78, 5) is 41.7. The van der Waals surface area contributed by atoms with Crippen LogP contribution in [0.25, 0.3) is 5.70 Å². The predicted molar refractivity (Wildman–Crippen MR) is 129 cm³/mol. The van der Waals surface area contributed by atoms with Gasteiger partial charge in [0.1, 0.15) is 28.4 Å². The van der Waals surface area contributed by atoms with Gasteiger partial charge in [-0.05, 0) is 38.0 Å². The number of ketones is 1. The average Bonchev–Trinajstić information content (AvgIpc) is 3.55. The molecule has 3 N–H and O–H groups in total. The molecule has 1 amide bonds. The standard InChI is InChI=1S/C22H26N4O3S.C2HF3O2/c1-15(27)7-4-3-5-10-18(26-22(28)20-13-23-14-30-20)21-24-12-19(25-21)16-8-6-9-17(11-16)29-2;3-2(4,5)1(6)7/h6,8-9,11-14,18H,3-5,7,10H2,1-2H3,(H,24,25)(H,26,28);(H,6,7)/t18-;/m0./s1. The number of carbonyl (C=O) groups is 3. The third-order valence-electron chi connectivity index (χ3n) is 5.13. The zero-order valence-corrected chi connectivity index (χ0v) is 21.0. The monoisotopic (exact) mass is 540 g/mol. The molecule has 2 aromatic rings. The van der Waals surface area contributed by atoms with Gasteiger partial charge in [-0.2, -0.15) is 13.2 Å². The SMILES string of the molecule is COc1cccc(C2=CN=C([C@H](CCCCCC(C)=O)NC(=O)c3cncs3)[NH2+]2)c1.O=C([O-])C(F)(F)F. The number of nitrogens with one attached hydrogen (secondary N) is 1. The lowest BCUT2D eigenvalue weighted by Crippen LogP contribution is -2.87. The summed E-state index contributed by atoms with van der Waals surface area (Å²) >= 11 is 1.31. The Morgan fingerprint density at radius 2 is 1.95 bits per heavy atom. The summed E-state index contributed by atoms with van der Waals surface area (Å²) in [6, 6.07) is 7.62. The van der Waals surface area contributed by atoms with Crippen molar-refractivity contribution in [3.63, 3.8) is 0 Å². The largest absolute Gasteiger partial charge is 0.542 e. The normalized spacial score (nSPS) is 13.5. The number of amidine groups is 1. The van der Waals surface area contributed by atoms with Crippen molar-refractivity contribution in [1.82, 2.24) is 10.3 Å². The van der Waals surface area contributed by atoms with E-state index in [0.29, 0.717) is 11.3 Å². The lowest BCUT2D eigenvalue weighted by Gasteiger charge is -2.16. The van der Waals surface area contributed by atoms with Gasteiger partial charge in [-0.25, -0.2) is 4.99 Å². The number of carboxylic acids is 1. The second-order valence-corrected chi connectivity index (χ2v) is 8.88. The van der Waals surface area contributed by atoms with Gasteiger partial charge < -0.3 is 24.7 Å². The minimum atomic E-state index is -5.19. The topological polar surface area (TPSA) is 137 Å². The molecule has 1 aromatic heterocycles. The molecule has 2 heterocycles. The minimum absolute atomic E-state index is 0.142. The Labute approximate surface area is 215 Å². The number of methoxy groups -OCH3 is 1. The number of Topliss-reactive ketones (excluding diaryl/α,β-unsaturated/α-hetero) is 1. The van der Waals surface area contributed by atoms with Gasteiger partial charge in [0.05, 0.1) is 25.0 Å². The molecule has 200 valence electrons. The van der Waals surface area contributed by atoms with E-state index in [1.165, 1.54) is 11.3 Å². The number of carbonyl (C=O) groups excluding carboxylic acids is 3. The van der Waals surface area contributed by atoms with Crippen LogP contribution in [0.2, 0.25) is 0 Å². The molecule has 9 nitrogen and oxygen atoms in total. The number of thiazole rings is 1. The third-order valence-corrected chi connectivity index (χ3v) is 5.90. The van der Waals surface area contributed by atoms with Crippen LogP contribution in [0.4, 0.5) is 13.2 Å². The molecular formula is C24H27F3N4O5S. The van der Waals surface area contributed by atoms with Crippen molar-refractivity contribution >= 4 is 40.5 Å². The second kappa shape index (κ2) is 14.2. The molecule has 1 aliphatic heterocycles. The summed E-state index contributed by atoms with van der Waals surface area (Å²) in [5.74, 6) is -1.32. The van der Waals surface area contributed by atoms with Gasteiger partial charge in [0, 0.05) is 12.0 Å². The maximum Gasteiger partial charge on any atom is 0.430 e. The number of alkyl halides is 3. The number of nitrogens with zero attached hydrogens (tertiary/aromatic N) is 2.